The van der Waals surface area contributed by atoms with Gasteiger partial charge in [-0.3, -0.25) is 9.69 Å². The first kappa shape index (κ1) is 18.0. The summed E-state index contributed by atoms with van der Waals surface area (Å²) in [5, 5.41) is 0.728. The number of H-pyrrole nitrogens is 1. The van der Waals surface area contributed by atoms with Crippen molar-refractivity contribution in [1.29, 1.82) is 0 Å². The molecule has 4 heteroatoms. The largest absolute Gasteiger partial charge is 0.493 e. The van der Waals surface area contributed by atoms with Crippen LogP contribution in [-0.4, -0.2) is 29.1 Å². The number of piperidine rings is 1. The average molecular weight is 342 g/mol. The molecule has 2 heterocycles. The molecule has 25 heavy (non-hydrogen) atoms. The van der Waals surface area contributed by atoms with Crippen LogP contribution in [0.5, 0.6) is 5.75 Å². The summed E-state index contributed by atoms with van der Waals surface area (Å²) in [4.78, 5) is 19.0. The lowest BCUT2D eigenvalue weighted by Gasteiger charge is -2.33. The van der Waals surface area contributed by atoms with E-state index in [1.54, 1.807) is 0 Å². The number of pyridine rings is 1. The molecule has 1 N–H and O–H groups in total. The minimum Gasteiger partial charge on any atom is -0.493 e. The Hall–Kier alpha value is -1.81. The van der Waals surface area contributed by atoms with Gasteiger partial charge in [0.2, 0.25) is 0 Å². The standard InChI is InChI=1S/C21H30N2O2/c1-14(2)13-25-17-8-9-20-18(11-17)21(24)19(16(4)22-20)12-23-10-6-5-7-15(23)3/h8-9,11,14-15H,5-7,10,12-13H2,1-4H3,(H,22,24)/t15-/m1/s1. The Labute approximate surface area is 150 Å². The van der Waals surface area contributed by atoms with Crippen LogP contribution in [0.15, 0.2) is 23.0 Å². The van der Waals surface area contributed by atoms with Gasteiger partial charge in [-0.1, -0.05) is 20.3 Å². The minimum absolute atomic E-state index is 0.138. The lowest BCUT2D eigenvalue weighted by atomic mass is 10.0. The molecule has 1 aliphatic rings. The Morgan fingerprint density at radius 3 is 2.84 bits per heavy atom. The lowest BCUT2D eigenvalue weighted by Crippen LogP contribution is -2.38. The highest BCUT2D eigenvalue weighted by atomic mass is 16.5. The van der Waals surface area contributed by atoms with E-state index in [0.717, 1.165) is 41.0 Å². The number of nitrogens with zero attached hydrogens (tertiary/aromatic N) is 1. The molecule has 136 valence electrons. The third-order valence-corrected chi connectivity index (χ3v) is 5.17. The molecule has 1 aliphatic heterocycles. The molecule has 3 rings (SSSR count). The van der Waals surface area contributed by atoms with Gasteiger partial charge in [0.25, 0.3) is 0 Å². The maximum atomic E-state index is 13.1. The Kier molecular flexibility index (Phi) is 5.48. The quantitative estimate of drug-likeness (QED) is 0.884. The zero-order valence-electron chi connectivity index (χ0n) is 15.9. The highest BCUT2D eigenvalue weighted by Crippen LogP contribution is 2.22. The second-order valence-corrected chi connectivity index (χ2v) is 7.79. The van der Waals surface area contributed by atoms with E-state index in [0.29, 0.717) is 18.6 Å². The second-order valence-electron chi connectivity index (χ2n) is 7.79. The van der Waals surface area contributed by atoms with E-state index < -0.39 is 0 Å². The summed E-state index contributed by atoms with van der Waals surface area (Å²) in [7, 11) is 0. The molecule has 1 aromatic heterocycles. The van der Waals surface area contributed by atoms with Crippen LogP contribution in [0, 0.1) is 12.8 Å². The fraction of sp³-hybridized carbons (Fsp3) is 0.571. The molecule has 0 bridgehead atoms. The second kappa shape index (κ2) is 7.61. The molecule has 0 unspecified atom stereocenters. The van der Waals surface area contributed by atoms with Crippen LogP contribution in [-0.2, 0) is 6.54 Å². The topological polar surface area (TPSA) is 45.3 Å². The number of ether oxygens (including phenoxy) is 1. The molecule has 0 radical (unpaired) electrons. The van der Waals surface area contributed by atoms with E-state index in [1.165, 1.54) is 19.3 Å². The number of hydrogen-bond acceptors (Lipinski definition) is 3. The fourth-order valence-electron chi connectivity index (χ4n) is 3.57. The SMILES string of the molecule is Cc1[nH]c2ccc(OCC(C)C)cc2c(=O)c1CN1CCCC[C@H]1C. The molecule has 0 spiro atoms. The Balaban J connectivity index is 1.93. The fourth-order valence-corrected chi connectivity index (χ4v) is 3.57. The number of aromatic nitrogens is 1. The van der Waals surface area contributed by atoms with Crippen molar-refractivity contribution < 1.29 is 4.74 Å². The Morgan fingerprint density at radius 1 is 1.32 bits per heavy atom. The van der Waals surface area contributed by atoms with Crippen LogP contribution in [0.3, 0.4) is 0 Å². The number of likely N-dealkylation sites (tertiary alicyclic amines) is 1. The van der Waals surface area contributed by atoms with E-state index in [-0.39, 0.29) is 5.43 Å². The van der Waals surface area contributed by atoms with Crippen molar-refractivity contribution in [2.45, 2.75) is 59.5 Å². The Morgan fingerprint density at radius 2 is 2.12 bits per heavy atom. The first-order chi connectivity index (χ1) is 12.0. The van der Waals surface area contributed by atoms with Crippen LogP contribution in [0.25, 0.3) is 10.9 Å². The maximum Gasteiger partial charge on any atom is 0.194 e. The highest BCUT2D eigenvalue weighted by Gasteiger charge is 2.21. The van der Waals surface area contributed by atoms with Crippen LogP contribution >= 0.6 is 0 Å². The van der Waals surface area contributed by atoms with Crippen LogP contribution in [0.1, 0.15) is 51.3 Å². The molecule has 4 nitrogen and oxygen atoms in total. The number of aromatic amines is 1. The molecule has 0 saturated carbocycles. The van der Waals surface area contributed by atoms with Gasteiger partial charge in [0.05, 0.1) is 6.61 Å². The predicted molar refractivity (Wildman–Crippen MR) is 103 cm³/mol. The van der Waals surface area contributed by atoms with Crippen molar-refractivity contribution in [3.8, 4) is 5.75 Å². The van der Waals surface area contributed by atoms with Gasteiger partial charge in [0.15, 0.2) is 5.43 Å². The van der Waals surface area contributed by atoms with Gasteiger partial charge in [-0.2, -0.15) is 0 Å². The van der Waals surface area contributed by atoms with Gasteiger partial charge in [-0.15, -0.1) is 0 Å². The molecule has 0 aliphatic carbocycles. The molecular weight excluding hydrogens is 312 g/mol. The zero-order chi connectivity index (χ0) is 18.0. The van der Waals surface area contributed by atoms with Crippen molar-refractivity contribution in [1.82, 2.24) is 9.88 Å². The van der Waals surface area contributed by atoms with Crippen molar-refractivity contribution in [3.63, 3.8) is 0 Å². The summed E-state index contributed by atoms with van der Waals surface area (Å²) in [5.74, 6) is 1.23. The Bertz CT molecular complexity index is 794. The number of fused-ring (bicyclic) bond motifs is 1. The van der Waals surface area contributed by atoms with E-state index >= 15 is 0 Å². The number of aryl methyl sites for hydroxylation is 1. The summed E-state index contributed by atoms with van der Waals surface area (Å²) in [6, 6.07) is 6.32. The summed E-state index contributed by atoms with van der Waals surface area (Å²) in [5.41, 5.74) is 2.89. The van der Waals surface area contributed by atoms with Crippen molar-refractivity contribution in [3.05, 3.63) is 39.7 Å². The average Bonchev–Trinajstić information content (AvgIpc) is 2.58. The van der Waals surface area contributed by atoms with Gasteiger partial charge in [0, 0.05) is 34.7 Å². The lowest BCUT2D eigenvalue weighted by molar-refractivity contribution is 0.152. The van der Waals surface area contributed by atoms with E-state index in [4.69, 9.17) is 4.74 Å². The molecule has 1 saturated heterocycles. The molecule has 2 aromatic rings. The van der Waals surface area contributed by atoms with Gasteiger partial charge in [-0.05, 0) is 57.4 Å². The summed E-state index contributed by atoms with van der Waals surface area (Å²) < 4.78 is 5.80. The van der Waals surface area contributed by atoms with Gasteiger partial charge in [-0.25, -0.2) is 0 Å². The molecular formula is C21H30N2O2. The van der Waals surface area contributed by atoms with Gasteiger partial charge < -0.3 is 9.72 Å². The first-order valence-electron chi connectivity index (χ1n) is 9.48. The zero-order valence-corrected chi connectivity index (χ0v) is 15.9. The number of hydrogen-bond donors (Lipinski definition) is 1. The molecule has 0 amide bonds. The summed E-state index contributed by atoms with van der Waals surface area (Å²) >= 11 is 0. The number of benzene rings is 1. The highest BCUT2D eigenvalue weighted by molar-refractivity contribution is 5.81. The summed E-state index contributed by atoms with van der Waals surface area (Å²) in [6.07, 6.45) is 3.74. The molecule has 1 fully saturated rings. The minimum atomic E-state index is 0.138. The third-order valence-electron chi connectivity index (χ3n) is 5.17. The monoisotopic (exact) mass is 342 g/mol. The molecule has 1 aromatic carbocycles. The maximum absolute atomic E-state index is 13.1. The van der Waals surface area contributed by atoms with Gasteiger partial charge >= 0.3 is 0 Å². The van der Waals surface area contributed by atoms with Crippen LogP contribution < -0.4 is 10.2 Å². The van der Waals surface area contributed by atoms with Crippen LogP contribution in [0.2, 0.25) is 0 Å². The summed E-state index contributed by atoms with van der Waals surface area (Å²) in [6.45, 7) is 11.0. The first-order valence-corrected chi connectivity index (χ1v) is 9.48. The van der Waals surface area contributed by atoms with Crippen molar-refractivity contribution in [2.75, 3.05) is 13.2 Å². The number of rotatable bonds is 5. The smallest absolute Gasteiger partial charge is 0.194 e. The van der Waals surface area contributed by atoms with Gasteiger partial charge in [0.1, 0.15) is 5.75 Å². The predicted octanol–water partition coefficient (Wildman–Crippen LogP) is 4.25. The third kappa shape index (κ3) is 4.06. The molecule has 1 atom stereocenters. The van der Waals surface area contributed by atoms with Crippen molar-refractivity contribution >= 4 is 10.9 Å². The van der Waals surface area contributed by atoms with Crippen molar-refractivity contribution in [2.24, 2.45) is 5.92 Å². The van der Waals surface area contributed by atoms with Crippen LogP contribution in [0.4, 0.5) is 0 Å². The van der Waals surface area contributed by atoms with E-state index in [9.17, 15) is 4.79 Å². The van der Waals surface area contributed by atoms with E-state index in [2.05, 4.69) is 30.7 Å². The normalized spacial score (nSPS) is 18.8. The number of nitrogens with one attached hydrogen (secondary N) is 1. The van der Waals surface area contributed by atoms with E-state index in [1.807, 2.05) is 25.1 Å².